The molecule has 0 spiro atoms. The first-order valence-corrected chi connectivity index (χ1v) is 16.1. The minimum Gasteiger partial charge on any atom is -0.456 e. The molecule has 0 unspecified atom stereocenters. The SMILES string of the molecule is C1=Cc2ccc3c(-c4ccc5oc6cccc(-c7nc(-c8ccccc8)nc(-c8ccccc8)n7)c6c5c4)ccc4c3c2C(=CC4)C1. The molecule has 220 valence electrons. The first-order valence-electron chi connectivity index (χ1n) is 16.1. The van der Waals surface area contributed by atoms with Gasteiger partial charge in [0.05, 0.1) is 0 Å². The zero-order valence-corrected chi connectivity index (χ0v) is 25.4. The highest BCUT2D eigenvalue weighted by atomic mass is 16.3. The van der Waals surface area contributed by atoms with E-state index in [9.17, 15) is 0 Å². The zero-order valence-electron chi connectivity index (χ0n) is 25.4. The number of nitrogens with zero attached hydrogens (tertiary/aromatic N) is 3. The van der Waals surface area contributed by atoms with E-state index in [0.29, 0.717) is 17.5 Å². The van der Waals surface area contributed by atoms with Crippen LogP contribution in [0.4, 0.5) is 0 Å². The maximum absolute atomic E-state index is 6.45. The number of rotatable bonds is 4. The summed E-state index contributed by atoms with van der Waals surface area (Å²) < 4.78 is 6.45. The Bertz CT molecular complexity index is 2560. The molecule has 4 nitrogen and oxygen atoms in total. The molecule has 0 aliphatic heterocycles. The highest BCUT2D eigenvalue weighted by molar-refractivity contribution is 6.14. The van der Waals surface area contributed by atoms with Gasteiger partial charge in [-0.2, -0.15) is 0 Å². The topological polar surface area (TPSA) is 51.8 Å². The Kier molecular flexibility index (Phi) is 5.67. The van der Waals surface area contributed by atoms with E-state index < -0.39 is 0 Å². The Hall–Kier alpha value is -6.13. The molecule has 2 aliphatic carbocycles. The number of hydrogen-bond acceptors (Lipinski definition) is 4. The van der Waals surface area contributed by atoms with E-state index in [4.69, 9.17) is 19.4 Å². The van der Waals surface area contributed by atoms with Crippen LogP contribution in [0.25, 0.3) is 89.7 Å². The van der Waals surface area contributed by atoms with Gasteiger partial charge < -0.3 is 4.42 Å². The molecule has 0 amide bonds. The fraction of sp³-hybridized carbons (Fsp3) is 0.0465. The van der Waals surface area contributed by atoms with Crippen molar-refractivity contribution in [2.45, 2.75) is 12.8 Å². The van der Waals surface area contributed by atoms with Crippen LogP contribution in [-0.4, -0.2) is 15.0 Å². The predicted molar refractivity (Wildman–Crippen MR) is 192 cm³/mol. The van der Waals surface area contributed by atoms with Gasteiger partial charge in [0.25, 0.3) is 0 Å². The molecule has 0 saturated heterocycles. The van der Waals surface area contributed by atoms with Crippen molar-refractivity contribution in [2.24, 2.45) is 0 Å². The van der Waals surface area contributed by atoms with Crippen molar-refractivity contribution in [3.8, 4) is 45.3 Å². The van der Waals surface area contributed by atoms with Gasteiger partial charge in [0, 0.05) is 27.5 Å². The van der Waals surface area contributed by atoms with Gasteiger partial charge in [-0.1, -0.05) is 121 Å². The lowest BCUT2D eigenvalue weighted by Gasteiger charge is -2.24. The lowest BCUT2D eigenvalue weighted by molar-refractivity contribution is 0.669. The molecule has 2 aromatic heterocycles. The normalized spacial score (nSPS) is 13.4. The van der Waals surface area contributed by atoms with Crippen molar-refractivity contribution < 1.29 is 4.42 Å². The number of allylic oxidation sites excluding steroid dienone is 3. The lowest BCUT2D eigenvalue weighted by atomic mass is 9.80. The van der Waals surface area contributed by atoms with E-state index in [1.165, 1.54) is 38.6 Å². The van der Waals surface area contributed by atoms with Crippen LogP contribution in [0.2, 0.25) is 0 Å². The summed E-state index contributed by atoms with van der Waals surface area (Å²) in [5, 5.41) is 4.74. The Labute approximate surface area is 271 Å². The van der Waals surface area contributed by atoms with Crippen molar-refractivity contribution in [2.75, 3.05) is 0 Å². The Balaban J connectivity index is 1.20. The molecule has 0 fully saturated rings. The Morgan fingerprint density at radius 1 is 0.511 bits per heavy atom. The van der Waals surface area contributed by atoms with Gasteiger partial charge in [-0.05, 0) is 75.2 Å². The maximum Gasteiger partial charge on any atom is 0.164 e. The molecule has 0 N–H and O–H groups in total. The molecule has 8 aromatic rings. The summed E-state index contributed by atoms with van der Waals surface area (Å²) >= 11 is 0. The number of aromatic nitrogens is 3. The number of benzene rings is 6. The summed E-state index contributed by atoms with van der Waals surface area (Å²) in [6.07, 6.45) is 8.94. The van der Waals surface area contributed by atoms with Crippen LogP contribution in [0.1, 0.15) is 23.1 Å². The quantitative estimate of drug-likeness (QED) is 0.201. The molecule has 0 saturated carbocycles. The van der Waals surface area contributed by atoms with Gasteiger partial charge >= 0.3 is 0 Å². The molecule has 2 heterocycles. The van der Waals surface area contributed by atoms with E-state index in [0.717, 1.165) is 57.0 Å². The second-order valence-electron chi connectivity index (χ2n) is 12.3. The molecule has 10 rings (SSSR count). The van der Waals surface area contributed by atoms with Crippen LogP contribution in [0, 0.1) is 0 Å². The molecule has 2 aliphatic rings. The highest BCUT2D eigenvalue weighted by Gasteiger charge is 2.22. The van der Waals surface area contributed by atoms with Crippen LogP contribution >= 0.6 is 0 Å². The smallest absolute Gasteiger partial charge is 0.164 e. The van der Waals surface area contributed by atoms with Gasteiger partial charge in [-0.3, -0.25) is 0 Å². The average Bonchev–Trinajstić information content (AvgIpc) is 3.52. The van der Waals surface area contributed by atoms with Crippen molar-refractivity contribution >= 4 is 44.4 Å². The van der Waals surface area contributed by atoms with Crippen molar-refractivity contribution in [3.63, 3.8) is 0 Å². The maximum atomic E-state index is 6.45. The third kappa shape index (κ3) is 4.12. The third-order valence-corrected chi connectivity index (χ3v) is 9.57. The number of hydrogen-bond donors (Lipinski definition) is 0. The van der Waals surface area contributed by atoms with Crippen molar-refractivity contribution in [3.05, 3.63) is 150 Å². The van der Waals surface area contributed by atoms with Gasteiger partial charge in [-0.25, -0.2) is 15.0 Å². The second kappa shape index (κ2) is 10.2. The number of furan rings is 1. The summed E-state index contributed by atoms with van der Waals surface area (Å²) in [7, 11) is 0. The van der Waals surface area contributed by atoms with Gasteiger partial charge in [0.15, 0.2) is 17.5 Å². The molecular formula is C43H27N3O. The summed E-state index contributed by atoms with van der Waals surface area (Å²) in [5.41, 5.74) is 12.4. The molecule has 0 atom stereocenters. The van der Waals surface area contributed by atoms with Crippen LogP contribution in [0.15, 0.2) is 138 Å². The minimum absolute atomic E-state index is 0.618. The lowest BCUT2D eigenvalue weighted by Crippen LogP contribution is -2.03. The Morgan fingerprint density at radius 3 is 2.06 bits per heavy atom. The summed E-state index contributed by atoms with van der Waals surface area (Å²) in [5.74, 6) is 1.89. The fourth-order valence-electron chi connectivity index (χ4n) is 7.38. The summed E-state index contributed by atoms with van der Waals surface area (Å²) in [6, 6.07) is 42.1. The first kappa shape index (κ1) is 26.1. The monoisotopic (exact) mass is 601 g/mol. The third-order valence-electron chi connectivity index (χ3n) is 9.57. The molecule has 0 radical (unpaired) electrons. The second-order valence-corrected chi connectivity index (χ2v) is 12.3. The minimum atomic E-state index is 0.618. The Morgan fingerprint density at radius 2 is 1.28 bits per heavy atom. The van der Waals surface area contributed by atoms with E-state index in [-0.39, 0.29) is 0 Å². The molecule has 4 heteroatoms. The van der Waals surface area contributed by atoms with Crippen LogP contribution in [0.3, 0.4) is 0 Å². The van der Waals surface area contributed by atoms with E-state index >= 15 is 0 Å². The van der Waals surface area contributed by atoms with Crippen molar-refractivity contribution in [1.82, 2.24) is 15.0 Å². The average molecular weight is 602 g/mol. The summed E-state index contributed by atoms with van der Waals surface area (Å²) in [4.78, 5) is 15.0. The molecule has 6 aromatic carbocycles. The molecule has 0 bridgehead atoms. The van der Waals surface area contributed by atoms with Crippen LogP contribution in [-0.2, 0) is 6.42 Å². The highest BCUT2D eigenvalue weighted by Crippen LogP contribution is 2.44. The van der Waals surface area contributed by atoms with Gasteiger partial charge in [0.1, 0.15) is 11.2 Å². The van der Waals surface area contributed by atoms with E-state index in [1.54, 1.807) is 0 Å². The predicted octanol–water partition coefficient (Wildman–Crippen LogP) is 10.9. The zero-order chi connectivity index (χ0) is 30.9. The van der Waals surface area contributed by atoms with Crippen molar-refractivity contribution in [1.29, 1.82) is 0 Å². The molecular weight excluding hydrogens is 574 g/mol. The first-order chi connectivity index (χ1) is 23.3. The van der Waals surface area contributed by atoms with Gasteiger partial charge in [0.2, 0.25) is 0 Å². The summed E-state index contributed by atoms with van der Waals surface area (Å²) in [6.45, 7) is 0. The fourth-order valence-corrected chi connectivity index (χ4v) is 7.38. The number of fused-ring (bicyclic) bond motifs is 3. The van der Waals surface area contributed by atoms with Crippen LogP contribution < -0.4 is 0 Å². The van der Waals surface area contributed by atoms with E-state index in [1.807, 2.05) is 72.8 Å². The standard InChI is InChI=1S/C43H27N3O/c1-3-9-29(10-4-1)41-44-42(30-11-5-2-6-12-30)46-43(45-41)34-15-8-16-37-40(34)35-25-31(21-24-36(35)47-37)32-22-19-28-18-17-26-13-7-14-27-20-23-33(32)39(28)38(26)27/h1-12,14-17,19-25H,13,18H2. The van der Waals surface area contributed by atoms with E-state index in [2.05, 4.69) is 66.8 Å². The largest absolute Gasteiger partial charge is 0.456 e. The molecule has 47 heavy (non-hydrogen) atoms. The van der Waals surface area contributed by atoms with Crippen LogP contribution in [0.5, 0.6) is 0 Å². The van der Waals surface area contributed by atoms with Gasteiger partial charge in [-0.15, -0.1) is 0 Å².